The van der Waals surface area contributed by atoms with Crippen molar-refractivity contribution in [2.45, 2.75) is 12.3 Å². The lowest BCUT2D eigenvalue weighted by molar-refractivity contribution is -0.140. The van der Waals surface area contributed by atoms with E-state index in [1.54, 1.807) is 6.07 Å². The highest BCUT2D eigenvalue weighted by Gasteiger charge is 2.28. The second kappa shape index (κ2) is 4.12. The maximum absolute atomic E-state index is 13.1. The maximum atomic E-state index is 13.1. The summed E-state index contributed by atoms with van der Waals surface area (Å²) in [6.45, 7) is 0.730. The number of methoxy groups -OCH3 is 1. The Balaban J connectivity index is 2.25. The SMILES string of the molecule is COC(=O)CC1CN(C)c2cc(F)ccc21. The monoisotopic (exact) mass is 223 g/mol. The number of anilines is 1. The number of esters is 1. The van der Waals surface area contributed by atoms with Crippen molar-refractivity contribution >= 4 is 11.7 Å². The minimum Gasteiger partial charge on any atom is -0.469 e. The number of hydrogen-bond acceptors (Lipinski definition) is 3. The average Bonchev–Trinajstić information content (AvgIpc) is 2.55. The van der Waals surface area contributed by atoms with Crippen LogP contribution in [0.1, 0.15) is 17.9 Å². The molecule has 0 fully saturated rings. The molecule has 1 unspecified atom stereocenters. The van der Waals surface area contributed by atoms with E-state index in [1.807, 2.05) is 11.9 Å². The highest BCUT2D eigenvalue weighted by atomic mass is 19.1. The fraction of sp³-hybridized carbons (Fsp3) is 0.417. The summed E-state index contributed by atoms with van der Waals surface area (Å²) in [7, 11) is 3.28. The summed E-state index contributed by atoms with van der Waals surface area (Å²) < 4.78 is 17.7. The highest BCUT2D eigenvalue weighted by Crippen LogP contribution is 2.37. The molecule has 1 aromatic rings. The zero-order valence-corrected chi connectivity index (χ0v) is 9.37. The number of hydrogen-bond donors (Lipinski definition) is 0. The summed E-state index contributed by atoms with van der Waals surface area (Å²) in [5.74, 6) is -0.368. The minimum absolute atomic E-state index is 0.105. The first kappa shape index (κ1) is 10.9. The molecule has 2 rings (SSSR count). The van der Waals surface area contributed by atoms with E-state index in [9.17, 15) is 9.18 Å². The van der Waals surface area contributed by atoms with E-state index in [0.717, 1.165) is 17.8 Å². The second-order valence-corrected chi connectivity index (χ2v) is 4.06. The first-order valence-electron chi connectivity index (χ1n) is 5.19. The molecule has 0 bridgehead atoms. The summed E-state index contributed by atoms with van der Waals surface area (Å²) in [5, 5.41) is 0. The largest absolute Gasteiger partial charge is 0.469 e. The van der Waals surface area contributed by atoms with Crippen molar-refractivity contribution in [3.63, 3.8) is 0 Å². The summed E-state index contributed by atoms with van der Waals surface area (Å²) in [6.07, 6.45) is 0.347. The lowest BCUT2D eigenvalue weighted by Gasteiger charge is -2.11. The minimum atomic E-state index is -0.246. The summed E-state index contributed by atoms with van der Waals surface area (Å²) in [6, 6.07) is 4.69. The molecule has 1 aliphatic heterocycles. The lowest BCUT2D eigenvalue weighted by atomic mass is 9.98. The molecule has 1 aromatic carbocycles. The van der Waals surface area contributed by atoms with Crippen molar-refractivity contribution in [2.75, 3.05) is 25.6 Å². The number of benzene rings is 1. The lowest BCUT2D eigenvalue weighted by Crippen LogP contribution is -2.17. The molecule has 0 spiro atoms. The van der Waals surface area contributed by atoms with Crippen LogP contribution in [0.15, 0.2) is 18.2 Å². The van der Waals surface area contributed by atoms with Gasteiger partial charge >= 0.3 is 5.97 Å². The number of halogens is 1. The van der Waals surface area contributed by atoms with Crippen LogP contribution in [0.25, 0.3) is 0 Å². The van der Waals surface area contributed by atoms with Crippen LogP contribution in [0.5, 0.6) is 0 Å². The van der Waals surface area contributed by atoms with Crippen LogP contribution in [0, 0.1) is 5.82 Å². The van der Waals surface area contributed by atoms with E-state index in [2.05, 4.69) is 4.74 Å². The Hall–Kier alpha value is -1.58. The van der Waals surface area contributed by atoms with Gasteiger partial charge in [0.1, 0.15) is 5.82 Å². The summed E-state index contributed by atoms with van der Waals surface area (Å²) >= 11 is 0. The zero-order chi connectivity index (χ0) is 11.7. The first-order chi connectivity index (χ1) is 7.61. The van der Waals surface area contributed by atoms with Gasteiger partial charge in [0, 0.05) is 25.2 Å². The van der Waals surface area contributed by atoms with Crippen LogP contribution >= 0.6 is 0 Å². The fourth-order valence-electron chi connectivity index (χ4n) is 2.18. The van der Waals surface area contributed by atoms with Crippen LogP contribution in [-0.2, 0) is 9.53 Å². The Morgan fingerprint density at radius 1 is 1.62 bits per heavy atom. The van der Waals surface area contributed by atoms with Crippen LogP contribution in [0.3, 0.4) is 0 Å². The third kappa shape index (κ3) is 1.87. The molecule has 1 atom stereocenters. The number of nitrogens with zero attached hydrogens (tertiary/aromatic N) is 1. The molecule has 0 saturated heterocycles. The molecule has 0 aliphatic carbocycles. The third-order valence-electron chi connectivity index (χ3n) is 2.98. The van der Waals surface area contributed by atoms with Gasteiger partial charge in [-0.25, -0.2) is 4.39 Å². The van der Waals surface area contributed by atoms with E-state index in [0.29, 0.717) is 6.42 Å². The predicted octanol–water partition coefficient (Wildman–Crippen LogP) is 1.92. The van der Waals surface area contributed by atoms with Gasteiger partial charge in [-0.05, 0) is 17.7 Å². The summed E-state index contributed by atoms with van der Waals surface area (Å²) in [5.41, 5.74) is 1.89. The van der Waals surface area contributed by atoms with Gasteiger partial charge in [-0.3, -0.25) is 4.79 Å². The van der Waals surface area contributed by atoms with Crippen LogP contribution in [-0.4, -0.2) is 26.7 Å². The maximum Gasteiger partial charge on any atom is 0.306 e. The molecule has 1 aliphatic rings. The fourth-order valence-corrected chi connectivity index (χ4v) is 2.18. The molecule has 4 heteroatoms. The molecule has 3 nitrogen and oxygen atoms in total. The molecule has 0 N–H and O–H groups in total. The Kier molecular flexibility index (Phi) is 2.81. The van der Waals surface area contributed by atoms with Gasteiger partial charge in [0.25, 0.3) is 0 Å². The van der Waals surface area contributed by atoms with Gasteiger partial charge in [0.05, 0.1) is 13.5 Å². The molecule has 0 aromatic heterocycles. The van der Waals surface area contributed by atoms with E-state index in [-0.39, 0.29) is 17.7 Å². The Morgan fingerprint density at radius 2 is 2.38 bits per heavy atom. The first-order valence-corrected chi connectivity index (χ1v) is 5.19. The number of fused-ring (bicyclic) bond motifs is 1. The zero-order valence-electron chi connectivity index (χ0n) is 9.37. The van der Waals surface area contributed by atoms with Crippen LogP contribution in [0.2, 0.25) is 0 Å². The number of likely N-dealkylation sites (N-methyl/N-ethyl adjacent to an activating group) is 1. The Labute approximate surface area is 93.8 Å². The Morgan fingerprint density at radius 3 is 3.06 bits per heavy atom. The summed E-state index contributed by atoms with van der Waals surface area (Å²) in [4.78, 5) is 13.2. The van der Waals surface area contributed by atoms with E-state index >= 15 is 0 Å². The molecular formula is C12H14FNO2. The molecule has 86 valence electrons. The van der Waals surface area contributed by atoms with E-state index in [4.69, 9.17) is 0 Å². The topological polar surface area (TPSA) is 29.5 Å². The van der Waals surface area contributed by atoms with Crippen molar-refractivity contribution in [3.05, 3.63) is 29.6 Å². The average molecular weight is 223 g/mol. The molecule has 0 saturated carbocycles. The normalized spacial score (nSPS) is 18.4. The number of rotatable bonds is 2. The van der Waals surface area contributed by atoms with Gasteiger partial charge < -0.3 is 9.64 Å². The van der Waals surface area contributed by atoms with Crippen molar-refractivity contribution < 1.29 is 13.9 Å². The van der Waals surface area contributed by atoms with Crippen molar-refractivity contribution in [1.29, 1.82) is 0 Å². The van der Waals surface area contributed by atoms with Crippen molar-refractivity contribution in [1.82, 2.24) is 0 Å². The van der Waals surface area contributed by atoms with Crippen molar-refractivity contribution in [3.8, 4) is 0 Å². The molecule has 0 radical (unpaired) electrons. The molecular weight excluding hydrogens is 209 g/mol. The highest BCUT2D eigenvalue weighted by molar-refractivity contribution is 5.72. The molecule has 0 amide bonds. The van der Waals surface area contributed by atoms with Gasteiger partial charge in [-0.1, -0.05) is 6.07 Å². The van der Waals surface area contributed by atoms with Gasteiger partial charge in [0.2, 0.25) is 0 Å². The van der Waals surface area contributed by atoms with Crippen LogP contribution in [0.4, 0.5) is 10.1 Å². The predicted molar refractivity (Wildman–Crippen MR) is 59.0 cm³/mol. The van der Waals surface area contributed by atoms with E-state index in [1.165, 1.54) is 19.2 Å². The number of carbonyl (C=O) groups excluding carboxylic acids is 1. The van der Waals surface area contributed by atoms with Gasteiger partial charge in [-0.2, -0.15) is 0 Å². The van der Waals surface area contributed by atoms with Crippen LogP contribution < -0.4 is 4.90 Å². The van der Waals surface area contributed by atoms with Crippen molar-refractivity contribution in [2.24, 2.45) is 0 Å². The number of carbonyl (C=O) groups is 1. The quantitative estimate of drug-likeness (QED) is 0.717. The standard InChI is InChI=1S/C12H14FNO2/c1-14-7-8(5-12(15)16-2)10-4-3-9(13)6-11(10)14/h3-4,6,8H,5,7H2,1-2H3. The molecule has 16 heavy (non-hydrogen) atoms. The third-order valence-corrected chi connectivity index (χ3v) is 2.98. The smallest absolute Gasteiger partial charge is 0.306 e. The Bertz CT molecular complexity index is 419. The molecule has 1 heterocycles. The van der Waals surface area contributed by atoms with Gasteiger partial charge in [0.15, 0.2) is 0 Å². The number of ether oxygens (including phenoxy) is 1. The second-order valence-electron chi connectivity index (χ2n) is 4.06. The van der Waals surface area contributed by atoms with E-state index < -0.39 is 0 Å². The van der Waals surface area contributed by atoms with Gasteiger partial charge in [-0.15, -0.1) is 0 Å².